The lowest BCUT2D eigenvalue weighted by Crippen LogP contribution is -2.21. The van der Waals surface area contributed by atoms with Gasteiger partial charge in [0.25, 0.3) is 0 Å². The lowest BCUT2D eigenvalue weighted by Gasteiger charge is -2.32. The van der Waals surface area contributed by atoms with Crippen LogP contribution in [0.25, 0.3) is 0 Å². The first-order valence-electron chi connectivity index (χ1n) is 9.80. The van der Waals surface area contributed by atoms with Crippen molar-refractivity contribution in [3.05, 3.63) is 95.1 Å². The van der Waals surface area contributed by atoms with E-state index in [4.69, 9.17) is 4.74 Å². The van der Waals surface area contributed by atoms with E-state index in [1.54, 1.807) is 0 Å². The van der Waals surface area contributed by atoms with Crippen LogP contribution in [0.4, 0.5) is 0 Å². The Kier molecular flexibility index (Phi) is 6.88. The van der Waals surface area contributed by atoms with Crippen molar-refractivity contribution in [2.75, 3.05) is 0 Å². The highest BCUT2D eigenvalue weighted by Gasteiger charge is 2.29. The topological polar surface area (TPSA) is 29.5 Å². The zero-order chi connectivity index (χ0) is 20.0. The molecule has 3 aromatic rings. The van der Waals surface area contributed by atoms with Crippen LogP contribution in [0.1, 0.15) is 42.5 Å². The van der Waals surface area contributed by atoms with Gasteiger partial charge in [-0.25, -0.2) is 0 Å². The summed E-state index contributed by atoms with van der Waals surface area (Å²) in [5, 5.41) is 10.9. The molecule has 0 amide bonds. The first-order chi connectivity index (χ1) is 13.6. The zero-order valence-electron chi connectivity index (χ0n) is 16.9. The maximum Gasteiger partial charge on any atom is 0.123 e. The van der Waals surface area contributed by atoms with E-state index in [9.17, 15) is 5.11 Å². The molecule has 0 aromatic heterocycles. The Hall–Kier alpha value is -2.15. The number of aliphatic hydroxyl groups is 1. The standard InChI is InChI=1S/C25H29O2P/c1-4-25(3,28-24-13-9-8-12-21(24)17-26)22-16-19(2)14-15-23(22)27-18-20-10-6-5-7-11-20/h5-16,26,28H,4,17-18H2,1-3H3. The molecule has 0 bridgehead atoms. The van der Waals surface area contributed by atoms with Crippen molar-refractivity contribution in [2.45, 2.75) is 45.6 Å². The number of hydrogen-bond donors (Lipinski definition) is 1. The number of aliphatic hydroxyl groups excluding tert-OH is 1. The largest absolute Gasteiger partial charge is 0.489 e. The first kappa shape index (κ1) is 20.6. The second-order valence-corrected chi connectivity index (χ2v) is 9.29. The van der Waals surface area contributed by atoms with E-state index in [1.165, 1.54) is 22.0 Å². The monoisotopic (exact) mass is 392 g/mol. The van der Waals surface area contributed by atoms with Crippen molar-refractivity contribution >= 4 is 13.9 Å². The molecule has 0 saturated heterocycles. The van der Waals surface area contributed by atoms with Crippen LogP contribution in [0.3, 0.4) is 0 Å². The van der Waals surface area contributed by atoms with Gasteiger partial charge < -0.3 is 9.84 Å². The average molecular weight is 392 g/mol. The van der Waals surface area contributed by atoms with Gasteiger partial charge in [-0.1, -0.05) is 94.7 Å². The zero-order valence-corrected chi connectivity index (χ0v) is 17.9. The summed E-state index contributed by atoms with van der Waals surface area (Å²) in [5.74, 6) is 0.952. The fourth-order valence-corrected chi connectivity index (χ4v) is 4.96. The third-order valence-electron chi connectivity index (χ3n) is 5.27. The van der Waals surface area contributed by atoms with Crippen molar-refractivity contribution in [3.63, 3.8) is 0 Å². The Bertz CT molecular complexity index is 907. The van der Waals surface area contributed by atoms with Gasteiger partial charge in [-0.3, -0.25) is 0 Å². The average Bonchev–Trinajstić information content (AvgIpc) is 2.74. The fourth-order valence-electron chi connectivity index (χ4n) is 3.36. The molecule has 2 nitrogen and oxygen atoms in total. The molecular weight excluding hydrogens is 363 g/mol. The Labute approximate surface area is 170 Å². The van der Waals surface area contributed by atoms with Gasteiger partial charge in [0, 0.05) is 10.7 Å². The Balaban J connectivity index is 1.93. The summed E-state index contributed by atoms with van der Waals surface area (Å²) in [4.78, 5) is 0. The van der Waals surface area contributed by atoms with Crippen LogP contribution in [-0.4, -0.2) is 5.11 Å². The molecule has 0 aliphatic heterocycles. The number of rotatable bonds is 8. The summed E-state index contributed by atoms with van der Waals surface area (Å²) in [5.41, 5.74) is 4.67. The summed E-state index contributed by atoms with van der Waals surface area (Å²) in [6.45, 7) is 7.31. The highest BCUT2D eigenvalue weighted by Crippen LogP contribution is 2.48. The highest BCUT2D eigenvalue weighted by molar-refractivity contribution is 7.48. The van der Waals surface area contributed by atoms with Crippen LogP contribution in [-0.2, 0) is 18.4 Å². The molecule has 1 N–H and O–H groups in total. The van der Waals surface area contributed by atoms with E-state index in [0.29, 0.717) is 15.2 Å². The van der Waals surface area contributed by atoms with Gasteiger partial charge in [0.05, 0.1) is 6.61 Å². The lowest BCUT2D eigenvalue weighted by molar-refractivity contribution is 0.283. The quantitative estimate of drug-likeness (QED) is 0.499. The second-order valence-electron chi connectivity index (χ2n) is 7.40. The number of ether oxygens (including phenoxy) is 1. The van der Waals surface area contributed by atoms with Crippen LogP contribution in [0.2, 0.25) is 0 Å². The van der Waals surface area contributed by atoms with Crippen LogP contribution in [0.15, 0.2) is 72.8 Å². The Morgan fingerprint density at radius 3 is 2.39 bits per heavy atom. The molecule has 0 aliphatic rings. The summed E-state index contributed by atoms with van der Waals surface area (Å²) < 4.78 is 6.28. The van der Waals surface area contributed by atoms with Gasteiger partial charge in [0.15, 0.2) is 0 Å². The van der Waals surface area contributed by atoms with Crippen LogP contribution >= 0.6 is 8.58 Å². The molecule has 0 saturated carbocycles. The predicted octanol–water partition coefficient (Wildman–Crippen LogP) is 5.70. The molecule has 146 valence electrons. The fraction of sp³-hybridized carbons (Fsp3) is 0.280. The van der Waals surface area contributed by atoms with Crippen molar-refractivity contribution in [1.82, 2.24) is 0 Å². The van der Waals surface area contributed by atoms with E-state index in [-0.39, 0.29) is 11.8 Å². The molecular formula is C25H29O2P. The Morgan fingerprint density at radius 2 is 1.68 bits per heavy atom. The highest BCUT2D eigenvalue weighted by atomic mass is 31.1. The van der Waals surface area contributed by atoms with E-state index >= 15 is 0 Å². The molecule has 2 atom stereocenters. The van der Waals surface area contributed by atoms with Gasteiger partial charge in [-0.15, -0.1) is 0 Å². The summed E-state index contributed by atoms with van der Waals surface area (Å²) >= 11 is 0. The molecule has 3 heteroatoms. The Morgan fingerprint density at radius 1 is 0.964 bits per heavy atom. The summed E-state index contributed by atoms with van der Waals surface area (Å²) in [6.07, 6.45) is 0.996. The number of benzene rings is 3. The van der Waals surface area contributed by atoms with Gasteiger partial charge in [0.2, 0.25) is 0 Å². The van der Waals surface area contributed by atoms with E-state index in [0.717, 1.165) is 17.7 Å². The molecule has 0 spiro atoms. The molecule has 3 rings (SSSR count). The summed E-state index contributed by atoms with van der Waals surface area (Å²) in [7, 11) is 0.555. The maximum atomic E-state index is 9.75. The van der Waals surface area contributed by atoms with Crippen molar-refractivity contribution in [2.24, 2.45) is 0 Å². The van der Waals surface area contributed by atoms with E-state index in [1.807, 2.05) is 30.3 Å². The molecule has 0 heterocycles. The van der Waals surface area contributed by atoms with E-state index in [2.05, 4.69) is 63.2 Å². The first-order valence-corrected chi connectivity index (χ1v) is 10.8. The van der Waals surface area contributed by atoms with Gasteiger partial charge >= 0.3 is 0 Å². The third kappa shape index (κ3) is 4.82. The van der Waals surface area contributed by atoms with Crippen molar-refractivity contribution in [1.29, 1.82) is 0 Å². The summed E-state index contributed by atoms with van der Waals surface area (Å²) in [6, 6.07) is 25.0. The minimum atomic E-state index is -0.0523. The minimum Gasteiger partial charge on any atom is -0.489 e. The predicted molar refractivity (Wildman–Crippen MR) is 120 cm³/mol. The molecule has 2 unspecified atom stereocenters. The van der Waals surface area contributed by atoms with Gasteiger partial charge in [-0.05, 0) is 35.8 Å². The smallest absolute Gasteiger partial charge is 0.123 e. The van der Waals surface area contributed by atoms with Crippen LogP contribution in [0, 0.1) is 6.92 Å². The molecule has 0 aliphatic carbocycles. The third-order valence-corrected chi connectivity index (χ3v) is 7.20. The molecule has 28 heavy (non-hydrogen) atoms. The van der Waals surface area contributed by atoms with Gasteiger partial charge in [0.1, 0.15) is 12.4 Å². The number of aryl methyl sites for hydroxylation is 1. The maximum absolute atomic E-state index is 9.75. The van der Waals surface area contributed by atoms with Crippen LogP contribution in [0.5, 0.6) is 5.75 Å². The van der Waals surface area contributed by atoms with Crippen molar-refractivity contribution < 1.29 is 9.84 Å². The molecule has 3 aromatic carbocycles. The normalized spacial score (nSPS) is 13.6. The van der Waals surface area contributed by atoms with E-state index < -0.39 is 0 Å². The van der Waals surface area contributed by atoms with Crippen LogP contribution < -0.4 is 10.0 Å². The molecule has 0 radical (unpaired) electrons. The second kappa shape index (κ2) is 9.37. The molecule has 0 fully saturated rings. The number of hydrogen-bond acceptors (Lipinski definition) is 2. The SMILES string of the molecule is CCC(C)(Pc1ccccc1CO)c1cc(C)ccc1OCc1ccccc1. The lowest BCUT2D eigenvalue weighted by atomic mass is 9.95. The van der Waals surface area contributed by atoms with Crippen molar-refractivity contribution in [3.8, 4) is 5.75 Å². The minimum absolute atomic E-state index is 0.0523. The van der Waals surface area contributed by atoms with Gasteiger partial charge in [-0.2, -0.15) is 0 Å².